The van der Waals surface area contributed by atoms with Crippen molar-refractivity contribution in [3.05, 3.63) is 35.1 Å². The van der Waals surface area contributed by atoms with Crippen LogP contribution in [0.5, 0.6) is 0 Å². The Labute approximate surface area is 146 Å². The number of nitrogens with zero attached hydrogens (tertiary/aromatic N) is 1. The second-order valence-electron chi connectivity index (χ2n) is 6.51. The minimum absolute atomic E-state index is 0. The molecule has 1 aliphatic heterocycles. The number of benzene rings is 1. The van der Waals surface area contributed by atoms with Crippen molar-refractivity contribution in [2.75, 3.05) is 26.2 Å². The summed E-state index contributed by atoms with van der Waals surface area (Å²) in [6.07, 6.45) is -0.359. The van der Waals surface area contributed by atoms with Gasteiger partial charge in [0, 0.05) is 37.8 Å². The topological polar surface area (TPSA) is 15.3 Å². The maximum atomic E-state index is 14.4. The molecule has 24 heavy (non-hydrogen) atoms. The predicted octanol–water partition coefficient (Wildman–Crippen LogP) is 4.40. The quantitative estimate of drug-likeness (QED) is 0.797. The summed E-state index contributed by atoms with van der Waals surface area (Å²) in [6.45, 7) is 3.08. The maximum absolute atomic E-state index is 14.4. The zero-order chi connectivity index (χ0) is 16.4. The number of alkyl halides is 3. The largest absolute Gasteiger partial charge is 0.416 e. The standard InChI is InChI=1S/C17H22F4N2.ClH/c18-15-6-5-13(17(19,20)21)11-14(15)16(12-3-1-2-4-12)23-9-7-22-8-10-23;/h5-6,11-12,16,22H,1-4,7-10H2;1H/t16-;/m1./s1. The highest BCUT2D eigenvalue weighted by molar-refractivity contribution is 5.85. The van der Waals surface area contributed by atoms with E-state index >= 15 is 0 Å². The van der Waals surface area contributed by atoms with E-state index in [9.17, 15) is 17.6 Å². The van der Waals surface area contributed by atoms with Gasteiger partial charge in [0.05, 0.1) is 5.56 Å². The van der Waals surface area contributed by atoms with E-state index in [0.717, 1.165) is 70.1 Å². The summed E-state index contributed by atoms with van der Waals surface area (Å²) in [6, 6.07) is 2.59. The van der Waals surface area contributed by atoms with Gasteiger partial charge in [-0.25, -0.2) is 4.39 Å². The van der Waals surface area contributed by atoms with Gasteiger partial charge in [-0.15, -0.1) is 12.4 Å². The Morgan fingerprint density at radius 2 is 1.71 bits per heavy atom. The Hall–Kier alpha value is -0.850. The Balaban J connectivity index is 0.00000208. The van der Waals surface area contributed by atoms with Crippen molar-refractivity contribution in [3.63, 3.8) is 0 Å². The van der Waals surface area contributed by atoms with Crippen molar-refractivity contribution >= 4 is 12.4 Å². The molecule has 0 amide bonds. The van der Waals surface area contributed by atoms with Crippen molar-refractivity contribution in [1.82, 2.24) is 10.2 Å². The molecule has 1 aromatic rings. The number of rotatable bonds is 3. The van der Waals surface area contributed by atoms with E-state index in [4.69, 9.17) is 0 Å². The molecule has 1 heterocycles. The third-order valence-corrected chi connectivity index (χ3v) is 5.03. The van der Waals surface area contributed by atoms with Crippen LogP contribution in [0.2, 0.25) is 0 Å². The molecular weight excluding hydrogens is 344 g/mol. The second kappa shape index (κ2) is 8.02. The minimum Gasteiger partial charge on any atom is -0.314 e. The van der Waals surface area contributed by atoms with E-state index < -0.39 is 17.6 Å². The Bertz CT molecular complexity index is 538. The van der Waals surface area contributed by atoms with E-state index in [-0.39, 0.29) is 29.9 Å². The van der Waals surface area contributed by atoms with Crippen molar-refractivity contribution in [3.8, 4) is 0 Å². The van der Waals surface area contributed by atoms with Crippen LogP contribution in [0.3, 0.4) is 0 Å². The normalized spacial score (nSPS) is 21.5. The SMILES string of the molecule is Cl.Fc1ccc(C(F)(F)F)cc1[C@@H](C1CCCC1)N1CCNCC1. The van der Waals surface area contributed by atoms with E-state index in [1.54, 1.807) is 0 Å². The molecule has 1 saturated heterocycles. The fourth-order valence-corrected chi connectivity index (χ4v) is 3.93. The average molecular weight is 367 g/mol. The molecule has 1 aromatic carbocycles. The molecule has 0 spiro atoms. The molecule has 1 atom stereocenters. The first kappa shape index (κ1) is 19.5. The highest BCUT2D eigenvalue weighted by Crippen LogP contribution is 2.42. The van der Waals surface area contributed by atoms with Gasteiger partial charge < -0.3 is 5.32 Å². The molecule has 0 aromatic heterocycles. The van der Waals surface area contributed by atoms with Gasteiger partial charge in [-0.1, -0.05) is 12.8 Å². The third-order valence-electron chi connectivity index (χ3n) is 5.03. The van der Waals surface area contributed by atoms with E-state index in [1.165, 1.54) is 0 Å². The number of nitrogens with one attached hydrogen (secondary N) is 1. The van der Waals surface area contributed by atoms with Gasteiger partial charge in [0.15, 0.2) is 0 Å². The lowest BCUT2D eigenvalue weighted by atomic mass is 9.88. The first-order valence-corrected chi connectivity index (χ1v) is 8.28. The third kappa shape index (κ3) is 4.21. The molecule has 2 fully saturated rings. The van der Waals surface area contributed by atoms with Gasteiger partial charge in [-0.2, -0.15) is 13.2 Å². The summed E-state index contributed by atoms with van der Waals surface area (Å²) < 4.78 is 53.5. The molecule has 1 N–H and O–H groups in total. The lowest BCUT2D eigenvalue weighted by Gasteiger charge is -2.39. The zero-order valence-corrected chi connectivity index (χ0v) is 14.2. The fraction of sp³-hybridized carbons (Fsp3) is 0.647. The number of halogens is 5. The Kier molecular flexibility index (Phi) is 6.51. The molecule has 3 rings (SSSR count). The molecule has 0 radical (unpaired) electrons. The number of hydrogen-bond donors (Lipinski definition) is 1. The monoisotopic (exact) mass is 366 g/mol. The van der Waals surface area contributed by atoms with Gasteiger partial charge in [0.1, 0.15) is 5.82 Å². The summed E-state index contributed by atoms with van der Waals surface area (Å²) in [7, 11) is 0. The highest BCUT2D eigenvalue weighted by Gasteiger charge is 2.36. The average Bonchev–Trinajstić information content (AvgIpc) is 3.03. The lowest BCUT2D eigenvalue weighted by Crippen LogP contribution is -2.47. The van der Waals surface area contributed by atoms with Crippen LogP contribution in [0.25, 0.3) is 0 Å². The van der Waals surface area contributed by atoms with Crippen LogP contribution in [0.4, 0.5) is 17.6 Å². The van der Waals surface area contributed by atoms with E-state index in [2.05, 4.69) is 10.2 Å². The molecule has 1 saturated carbocycles. The van der Waals surface area contributed by atoms with Gasteiger partial charge in [-0.05, 0) is 37.0 Å². The van der Waals surface area contributed by atoms with Crippen molar-refractivity contribution in [2.45, 2.75) is 37.9 Å². The van der Waals surface area contributed by atoms with Crippen LogP contribution in [0, 0.1) is 11.7 Å². The summed E-state index contributed by atoms with van der Waals surface area (Å²) in [4.78, 5) is 2.16. The molecular formula is C17H23ClF4N2. The number of piperazine rings is 1. The molecule has 2 aliphatic rings. The van der Waals surface area contributed by atoms with Crippen LogP contribution < -0.4 is 5.32 Å². The van der Waals surface area contributed by atoms with Crippen LogP contribution in [-0.4, -0.2) is 31.1 Å². The Morgan fingerprint density at radius 3 is 2.29 bits per heavy atom. The van der Waals surface area contributed by atoms with Crippen LogP contribution in [0.15, 0.2) is 18.2 Å². The molecule has 1 aliphatic carbocycles. The molecule has 7 heteroatoms. The minimum atomic E-state index is -4.44. The smallest absolute Gasteiger partial charge is 0.314 e. The molecule has 0 bridgehead atoms. The molecule has 0 unspecified atom stereocenters. The van der Waals surface area contributed by atoms with Gasteiger partial charge >= 0.3 is 6.18 Å². The first-order chi connectivity index (χ1) is 11.0. The van der Waals surface area contributed by atoms with Crippen LogP contribution in [-0.2, 0) is 6.18 Å². The van der Waals surface area contributed by atoms with Crippen molar-refractivity contribution in [1.29, 1.82) is 0 Å². The fourth-order valence-electron chi connectivity index (χ4n) is 3.93. The Morgan fingerprint density at radius 1 is 1.08 bits per heavy atom. The molecule has 2 nitrogen and oxygen atoms in total. The lowest BCUT2D eigenvalue weighted by molar-refractivity contribution is -0.137. The number of hydrogen-bond acceptors (Lipinski definition) is 2. The summed E-state index contributed by atoms with van der Waals surface area (Å²) in [5.41, 5.74) is -0.541. The van der Waals surface area contributed by atoms with Gasteiger partial charge in [0.25, 0.3) is 0 Å². The zero-order valence-electron chi connectivity index (χ0n) is 13.4. The van der Waals surface area contributed by atoms with Gasteiger partial charge in [0.2, 0.25) is 0 Å². The van der Waals surface area contributed by atoms with Crippen molar-refractivity contribution < 1.29 is 17.6 Å². The molecule has 136 valence electrons. The first-order valence-electron chi connectivity index (χ1n) is 8.28. The second-order valence-corrected chi connectivity index (χ2v) is 6.51. The van der Waals surface area contributed by atoms with E-state index in [0.29, 0.717) is 0 Å². The van der Waals surface area contributed by atoms with E-state index in [1.807, 2.05) is 0 Å². The summed E-state index contributed by atoms with van der Waals surface area (Å²) in [5, 5.41) is 3.25. The van der Waals surface area contributed by atoms with Crippen LogP contribution >= 0.6 is 12.4 Å². The maximum Gasteiger partial charge on any atom is 0.416 e. The highest BCUT2D eigenvalue weighted by atomic mass is 35.5. The van der Waals surface area contributed by atoms with Crippen LogP contribution in [0.1, 0.15) is 42.9 Å². The van der Waals surface area contributed by atoms with Gasteiger partial charge in [-0.3, -0.25) is 4.90 Å². The predicted molar refractivity (Wildman–Crippen MR) is 87.8 cm³/mol. The summed E-state index contributed by atoms with van der Waals surface area (Å²) in [5.74, 6) is -0.278. The van der Waals surface area contributed by atoms with Crippen molar-refractivity contribution in [2.24, 2.45) is 5.92 Å². The summed E-state index contributed by atoms with van der Waals surface area (Å²) >= 11 is 0.